The molecule has 1 aromatic carbocycles. The Balaban J connectivity index is 1.98. The average molecular weight is 309 g/mol. The van der Waals surface area contributed by atoms with E-state index in [2.05, 4.69) is 27.3 Å². The molecule has 0 aromatic heterocycles. The molecule has 2 N–H and O–H groups in total. The second kappa shape index (κ2) is 5.73. The lowest BCUT2D eigenvalue weighted by molar-refractivity contribution is 0.0167. The average Bonchev–Trinajstić information content (AvgIpc) is 2.38. The van der Waals surface area contributed by atoms with E-state index >= 15 is 0 Å². The molecule has 0 atom stereocenters. The largest absolute Gasteiger partial charge is 0.388 e. The van der Waals surface area contributed by atoms with E-state index in [9.17, 15) is 5.11 Å². The summed E-state index contributed by atoms with van der Waals surface area (Å²) in [6, 6.07) is 7.64. The van der Waals surface area contributed by atoms with Crippen LogP contribution >= 0.6 is 15.9 Å². The van der Waals surface area contributed by atoms with E-state index < -0.39 is 5.60 Å². The van der Waals surface area contributed by atoms with Crippen LogP contribution in [0.15, 0.2) is 22.7 Å². The highest BCUT2D eigenvalue weighted by atomic mass is 79.9. The molecule has 0 aliphatic heterocycles. The second-order valence-electron chi connectivity index (χ2n) is 4.94. The fraction of sp³-hybridized carbons (Fsp3) is 0.500. The third-order valence-electron chi connectivity index (χ3n) is 3.50. The summed E-state index contributed by atoms with van der Waals surface area (Å²) in [6.45, 7) is 0.575. The lowest BCUT2D eigenvalue weighted by Gasteiger charge is -2.32. The Bertz CT molecular complexity index is 461. The van der Waals surface area contributed by atoms with Crippen LogP contribution in [0.1, 0.15) is 37.7 Å². The van der Waals surface area contributed by atoms with Gasteiger partial charge >= 0.3 is 0 Å². The maximum atomic E-state index is 10.4. The minimum Gasteiger partial charge on any atom is -0.388 e. The van der Waals surface area contributed by atoms with Gasteiger partial charge in [0, 0.05) is 16.7 Å². The number of nitrogens with zero attached hydrogens (tertiary/aromatic N) is 1. The van der Waals surface area contributed by atoms with E-state index in [-0.39, 0.29) is 0 Å². The maximum Gasteiger partial charge on any atom is 0.100 e. The fourth-order valence-electron chi connectivity index (χ4n) is 2.37. The molecule has 0 spiro atoms. The molecule has 0 amide bonds. The Morgan fingerprint density at radius 3 is 2.67 bits per heavy atom. The zero-order chi connectivity index (χ0) is 13.0. The molecule has 3 nitrogen and oxygen atoms in total. The number of nitrogens with one attached hydrogen (secondary N) is 1. The highest BCUT2D eigenvalue weighted by Crippen LogP contribution is 2.29. The number of rotatable bonds is 3. The number of hydrogen-bond acceptors (Lipinski definition) is 3. The SMILES string of the molecule is N#Cc1ccc(NCC2(O)CCCCC2)cc1Br. The first kappa shape index (κ1) is 13.4. The molecule has 4 heteroatoms. The molecular weight excluding hydrogens is 292 g/mol. The highest BCUT2D eigenvalue weighted by Gasteiger charge is 2.28. The van der Waals surface area contributed by atoms with Crippen LogP contribution in [-0.4, -0.2) is 17.3 Å². The van der Waals surface area contributed by atoms with Gasteiger partial charge in [-0.1, -0.05) is 19.3 Å². The van der Waals surface area contributed by atoms with Gasteiger partial charge in [-0.3, -0.25) is 0 Å². The summed E-state index contributed by atoms with van der Waals surface area (Å²) in [7, 11) is 0. The van der Waals surface area contributed by atoms with Crippen LogP contribution in [0.3, 0.4) is 0 Å². The number of benzene rings is 1. The molecule has 18 heavy (non-hydrogen) atoms. The molecule has 1 aliphatic carbocycles. The fourth-order valence-corrected chi connectivity index (χ4v) is 2.84. The van der Waals surface area contributed by atoms with Crippen LogP contribution < -0.4 is 5.32 Å². The second-order valence-corrected chi connectivity index (χ2v) is 5.80. The summed E-state index contributed by atoms with van der Waals surface area (Å²) in [5.74, 6) is 0. The predicted octanol–water partition coefficient (Wildman–Crippen LogP) is 3.43. The molecule has 0 saturated heterocycles. The van der Waals surface area contributed by atoms with Gasteiger partial charge < -0.3 is 10.4 Å². The number of aliphatic hydroxyl groups is 1. The smallest absolute Gasteiger partial charge is 0.100 e. The van der Waals surface area contributed by atoms with Crippen LogP contribution in [0.25, 0.3) is 0 Å². The predicted molar refractivity (Wildman–Crippen MR) is 75.4 cm³/mol. The molecule has 0 heterocycles. The van der Waals surface area contributed by atoms with Gasteiger partial charge in [0.15, 0.2) is 0 Å². The summed E-state index contributed by atoms with van der Waals surface area (Å²) >= 11 is 3.36. The minimum absolute atomic E-state index is 0.571. The topological polar surface area (TPSA) is 56.0 Å². The maximum absolute atomic E-state index is 10.4. The van der Waals surface area contributed by atoms with Gasteiger partial charge in [-0.2, -0.15) is 5.26 Å². The van der Waals surface area contributed by atoms with Crippen molar-refractivity contribution in [1.29, 1.82) is 5.26 Å². The summed E-state index contributed by atoms with van der Waals surface area (Å²) < 4.78 is 0.783. The Morgan fingerprint density at radius 1 is 1.33 bits per heavy atom. The van der Waals surface area contributed by atoms with Crippen LogP contribution in [0.5, 0.6) is 0 Å². The molecule has 0 radical (unpaired) electrons. The molecule has 0 bridgehead atoms. The van der Waals surface area contributed by atoms with Crippen LogP contribution in [0, 0.1) is 11.3 Å². The number of hydrogen-bond donors (Lipinski definition) is 2. The summed E-state index contributed by atoms with van der Waals surface area (Å²) in [4.78, 5) is 0. The van der Waals surface area contributed by atoms with Crippen molar-refractivity contribution in [3.8, 4) is 6.07 Å². The molecular formula is C14H17BrN2O. The monoisotopic (exact) mass is 308 g/mol. The van der Waals surface area contributed by atoms with Gasteiger partial charge in [0.2, 0.25) is 0 Å². The molecule has 0 unspecified atom stereocenters. The van der Waals surface area contributed by atoms with Gasteiger partial charge in [-0.15, -0.1) is 0 Å². The van der Waals surface area contributed by atoms with Crippen molar-refractivity contribution < 1.29 is 5.11 Å². The van der Waals surface area contributed by atoms with Gasteiger partial charge in [0.25, 0.3) is 0 Å². The van der Waals surface area contributed by atoms with Crippen LogP contribution in [0.2, 0.25) is 0 Å². The molecule has 1 aromatic rings. The van der Waals surface area contributed by atoms with E-state index in [1.54, 1.807) is 6.07 Å². The summed E-state index contributed by atoms with van der Waals surface area (Å²) in [5.41, 5.74) is 0.982. The first-order valence-electron chi connectivity index (χ1n) is 6.29. The van der Waals surface area contributed by atoms with Crippen molar-refractivity contribution in [3.63, 3.8) is 0 Å². The third-order valence-corrected chi connectivity index (χ3v) is 4.15. The van der Waals surface area contributed by atoms with E-state index in [1.807, 2.05) is 12.1 Å². The lowest BCUT2D eigenvalue weighted by atomic mass is 9.85. The summed E-state index contributed by atoms with van der Waals surface area (Å²) in [6.07, 6.45) is 5.18. The third kappa shape index (κ3) is 3.24. The number of halogens is 1. The van der Waals surface area contributed by atoms with Crippen molar-refractivity contribution in [2.75, 3.05) is 11.9 Å². The zero-order valence-electron chi connectivity index (χ0n) is 10.2. The van der Waals surface area contributed by atoms with Crippen LogP contribution in [0.4, 0.5) is 5.69 Å². The Morgan fingerprint density at radius 2 is 2.06 bits per heavy atom. The number of nitriles is 1. The van der Waals surface area contributed by atoms with Crippen molar-refractivity contribution in [3.05, 3.63) is 28.2 Å². The first-order valence-corrected chi connectivity index (χ1v) is 7.08. The Kier molecular flexibility index (Phi) is 4.26. The van der Waals surface area contributed by atoms with Gasteiger partial charge in [-0.05, 0) is 47.0 Å². The lowest BCUT2D eigenvalue weighted by Crippen LogP contribution is -2.38. The van der Waals surface area contributed by atoms with E-state index in [0.717, 1.165) is 35.8 Å². The molecule has 96 valence electrons. The molecule has 1 aliphatic rings. The number of anilines is 1. The van der Waals surface area contributed by atoms with E-state index in [0.29, 0.717) is 12.1 Å². The summed E-state index contributed by atoms with van der Waals surface area (Å²) in [5, 5.41) is 22.5. The van der Waals surface area contributed by atoms with Crippen molar-refractivity contribution >= 4 is 21.6 Å². The standard InChI is InChI=1S/C14H17BrN2O/c15-13-8-12(5-4-11(13)9-16)17-10-14(18)6-2-1-3-7-14/h4-5,8,17-18H,1-3,6-7,10H2. The zero-order valence-corrected chi connectivity index (χ0v) is 11.8. The van der Waals surface area contributed by atoms with E-state index in [1.165, 1.54) is 6.42 Å². The molecule has 1 saturated carbocycles. The van der Waals surface area contributed by atoms with Crippen molar-refractivity contribution in [2.45, 2.75) is 37.7 Å². The van der Waals surface area contributed by atoms with Crippen molar-refractivity contribution in [2.24, 2.45) is 0 Å². The molecule has 2 rings (SSSR count). The quantitative estimate of drug-likeness (QED) is 0.899. The normalized spacial score (nSPS) is 18.1. The molecule has 1 fully saturated rings. The highest BCUT2D eigenvalue weighted by molar-refractivity contribution is 9.10. The Hall–Kier alpha value is -1.05. The van der Waals surface area contributed by atoms with Crippen LogP contribution in [-0.2, 0) is 0 Å². The van der Waals surface area contributed by atoms with Crippen molar-refractivity contribution in [1.82, 2.24) is 0 Å². The van der Waals surface area contributed by atoms with E-state index in [4.69, 9.17) is 5.26 Å². The Labute approximate surface area is 116 Å². The van der Waals surface area contributed by atoms with Gasteiger partial charge in [0.1, 0.15) is 6.07 Å². The first-order chi connectivity index (χ1) is 8.63. The van der Waals surface area contributed by atoms with Gasteiger partial charge in [0.05, 0.1) is 11.2 Å². The van der Waals surface area contributed by atoms with Gasteiger partial charge in [-0.25, -0.2) is 0 Å². The minimum atomic E-state index is -0.571.